The number of halogens is 1. The Kier molecular flexibility index (Phi) is 5.78. The van der Waals surface area contributed by atoms with Crippen LogP contribution in [0.4, 0.5) is 4.39 Å². The highest BCUT2D eigenvalue weighted by Crippen LogP contribution is 2.15. The van der Waals surface area contributed by atoms with Crippen LogP contribution in [0.15, 0.2) is 24.3 Å². The van der Waals surface area contributed by atoms with E-state index in [0.29, 0.717) is 5.56 Å². The minimum absolute atomic E-state index is 0.0625. The third-order valence-electron chi connectivity index (χ3n) is 2.96. The Hall–Kier alpha value is -1.42. The van der Waals surface area contributed by atoms with Gasteiger partial charge in [0.2, 0.25) is 5.91 Å². The Morgan fingerprint density at radius 3 is 2.61 bits per heavy atom. The fourth-order valence-corrected chi connectivity index (χ4v) is 1.61. The van der Waals surface area contributed by atoms with Crippen LogP contribution >= 0.6 is 0 Å². The van der Waals surface area contributed by atoms with Gasteiger partial charge in [0.1, 0.15) is 5.82 Å². The zero-order valence-corrected chi connectivity index (χ0v) is 11.2. The molecule has 1 rings (SSSR count). The van der Waals surface area contributed by atoms with Crippen LogP contribution in [-0.2, 0) is 4.79 Å². The molecule has 0 spiro atoms. The Morgan fingerprint density at radius 2 is 2.00 bits per heavy atom. The van der Waals surface area contributed by atoms with E-state index in [2.05, 4.69) is 10.6 Å². The Labute approximate surface area is 108 Å². The van der Waals surface area contributed by atoms with Crippen molar-refractivity contribution in [2.24, 2.45) is 0 Å². The molecule has 100 valence electrons. The Morgan fingerprint density at radius 1 is 1.33 bits per heavy atom. The molecule has 0 aliphatic rings. The van der Waals surface area contributed by atoms with E-state index in [1.54, 1.807) is 18.2 Å². The number of nitrogens with one attached hydrogen (secondary N) is 2. The molecule has 0 radical (unpaired) electrons. The first-order valence-corrected chi connectivity index (χ1v) is 6.31. The van der Waals surface area contributed by atoms with E-state index in [9.17, 15) is 9.18 Å². The largest absolute Gasteiger partial charge is 0.353 e. The van der Waals surface area contributed by atoms with Gasteiger partial charge in [-0.3, -0.25) is 4.79 Å². The minimum Gasteiger partial charge on any atom is -0.353 e. The third kappa shape index (κ3) is 4.45. The molecule has 0 heterocycles. The number of carbonyl (C=O) groups is 1. The van der Waals surface area contributed by atoms with Gasteiger partial charge in [0, 0.05) is 17.6 Å². The van der Waals surface area contributed by atoms with Crippen LogP contribution < -0.4 is 10.6 Å². The summed E-state index contributed by atoms with van der Waals surface area (Å²) in [4.78, 5) is 11.6. The van der Waals surface area contributed by atoms with Gasteiger partial charge in [0.05, 0.1) is 6.54 Å². The number of amides is 1. The predicted octanol–water partition coefficient (Wildman–Crippen LogP) is 2.39. The topological polar surface area (TPSA) is 41.1 Å². The van der Waals surface area contributed by atoms with E-state index in [0.717, 1.165) is 6.42 Å². The molecule has 1 aromatic carbocycles. The summed E-state index contributed by atoms with van der Waals surface area (Å²) in [5, 5.41) is 5.87. The molecule has 1 amide bonds. The van der Waals surface area contributed by atoms with Gasteiger partial charge < -0.3 is 10.6 Å². The van der Waals surface area contributed by atoms with Crippen LogP contribution in [-0.4, -0.2) is 18.5 Å². The first-order chi connectivity index (χ1) is 8.54. The van der Waals surface area contributed by atoms with Crippen molar-refractivity contribution in [2.75, 3.05) is 6.54 Å². The summed E-state index contributed by atoms with van der Waals surface area (Å²) in [7, 11) is 0. The monoisotopic (exact) mass is 252 g/mol. The zero-order chi connectivity index (χ0) is 13.5. The molecule has 0 bridgehead atoms. The number of rotatable bonds is 6. The Balaban J connectivity index is 2.44. The molecule has 3 nitrogen and oxygen atoms in total. The van der Waals surface area contributed by atoms with Crippen molar-refractivity contribution < 1.29 is 9.18 Å². The van der Waals surface area contributed by atoms with Crippen molar-refractivity contribution in [1.29, 1.82) is 0 Å². The highest BCUT2D eigenvalue weighted by Gasteiger charge is 2.11. The van der Waals surface area contributed by atoms with E-state index < -0.39 is 0 Å². The first-order valence-electron chi connectivity index (χ1n) is 6.31. The van der Waals surface area contributed by atoms with Gasteiger partial charge in [-0.1, -0.05) is 25.1 Å². The van der Waals surface area contributed by atoms with Crippen molar-refractivity contribution in [2.45, 2.75) is 39.3 Å². The molecule has 2 N–H and O–H groups in total. The van der Waals surface area contributed by atoms with Crippen LogP contribution in [0.3, 0.4) is 0 Å². The van der Waals surface area contributed by atoms with Crippen LogP contribution in [0.25, 0.3) is 0 Å². The maximum atomic E-state index is 13.5. The van der Waals surface area contributed by atoms with Gasteiger partial charge >= 0.3 is 0 Å². The van der Waals surface area contributed by atoms with Crippen molar-refractivity contribution in [3.8, 4) is 0 Å². The highest BCUT2D eigenvalue weighted by molar-refractivity contribution is 5.78. The van der Waals surface area contributed by atoms with Gasteiger partial charge in [-0.05, 0) is 26.3 Å². The lowest BCUT2D eigenvalue weighted by atomic mass is 10.1. The number of hydrogen-bond acceptors (Lipinski definition) is 2. The molecule has 4 heteroatoms. The lowest BCUT2D eigenvalue weighted by Gasteiger charge is -2.16. The third-order valence-corrected chi connectivity index (χ3v) is 2.96. The van der Waals surface area contributed by atoms with Crippen molar-refractivity contribution in [3.05, 3.63) is 35.6 Å². The molecule has 0 saturated carbocycles. The average molecular weight is 252 g/mol. The van der Waals surface area contributed by atoms with Crippen LogP contribution in [0.2, 0.25) is 0 Å². The van der Waals surface area contributed by atoms with Crippen LogP contribution in [0.5, 0.6) is 0 Å². The lowest BCUT2D eigenvalue weighted by molar-refractivity contribution is -0.121. The summed E-state index contributed by atoms with van der Waals surface area (Å²) in [6.45, 7) is 6.01. The summed E-state index contributed by atoms with van der Waals surface area (Å²) in [6, 6.07) is 6.57. The number of hydrogen-bond donors (Lipinski definition) is 2. The molecule has 0 saturated heterocycles. The van der Waals surface area contributed by atoms with Crippen molar-refractivity contribution >= 4 is 5.91 Å². The summed E-state index contributed by atoms with van der Waals surface area (Å²) in [5.74, 6) is -0.313. The molecule has 2 atom stereocenters. The van der Waals surface area contributed by atoms with E-state index in [1.165, 1.54) is 6.07 Å². The predicted molar refractivity (Wildman–Crippen MR) is 70.7 cm³/mol. The van der Waals surface area contributed by atoms with Crippen molar-refractivity contribution in [1.82, 2.24) is 10.6 Å². The molecule has 0 aromatic heterocycles. The van der Waals surface area contributed by atoms with Gasteiger partial charge in [-0.15, -0.1) is 0 Å². The lowest BCUT2D eigenvalue weighted by Crippen LogP contribution is -2.39. The Bertz CT molecular complexity index is 395. The molecular weight excluding hydrogens is 231 g/mol. The quantitative estimate of drug-likeness (QED) is 0.816. The number of carbonyl (C=O) groups excluding carboxylic acids is 1. The molecular formula is C14H21FN2O. The smallest absolute Gasteiger partial charge is 0.234 e. The van der Waals surface area contributed by atoms with Gasteiger partial charge in [0.15, 0.2) is 0 Å². The summed E-state index contributed by atoms with van der Waals surface area (Å²) in [5.41, 5.74) is 0.578. The molecule has 18 heavy (non-hydrogen) atoms. The van der Waals surface area contributed by atoms with Crippen LogP contribution in [0.1, 0.15) is 38.8 Å². The zero-order valence-electron chi connectivity index (χ0n) is 11.2. The summed E-state index contributed by atoms with van der Waals surface area (Å²) >= 11 is 0. The minimum atomic E-state index is -0.250. The van der Waals surface area contributed by atoms with E-state index in [4.69, 9.17) is 0 Å². The molecule has 0 fully saturated rings. The fourth-order valence-electron chi connectivity index (χ4n) is 1.61. The first kappa shape index (κ1) is 14.6. The maximum Gasteiger partial charge on any atom is 0.234 e. The summed E-state index contributed by atoms with van der Waals surface area (Å²) < 4.78 is 13.5. The highest BCUT2D eigenvalue weighted by atomic mass is 19.1. The standard InChI is InChI=1S/C14H21FN2O/c1-4-10(2)17-14(18)9-16-11(3)12-7-5-6-8-13(12)15/h5-8,10-11,16H,4,9H2,1-3H3,(H,17,18). The maximum absolute atomic E-state index is 13.5. The van der Waals surface area contributed by atoms with Crippen LogP contribution in [0, 0.1) is 5.82 Å². The normalized spacial score (nSPS) is 14.0. The van der Waals surface area contributed by atoms with E-state index in [-0.39, 0.29) is 30.4 Å². The fraction of sp³-hybridized carbons (Fsp3) is 0.500. The van der Waals surface area contributed by atoms with Crippen molar-refractivity contribution in [3.63, 3.8) is 0 Å². The second-order valence-corrected chi connectivity index (χ2v) is 4.50. The van der Waals surface area contributed by atoms with Gasteiger partial charge in [-0.25, -0.2) is 4.39 Å². The second-order valence-electron chi connectivity index (χ2n) is 4.50. The van der Waals surface area contributed by atoms with Gasteiger partial charge in [-0.2, -0.15) is 0 Å². The number of benzene rings is 1. The molecule has 0 aliphatic carbocycles. The van der Waals surface area contributed by atoms with Gasteiger partial charge in [0.25, 0.3) is 0 Å². The van der Waals surface area contributed by atoms with E-state index in [1.807, 2.05) is 20.8 Å². The average Bonchev–Trinajstić information content (AvgIpc) is 2.36. The molecule has 2 unspecified atom stereocenters. The molecule has 1 aromatic rings. The van der Waals surface area contributed by atoms with E-state index >= 15 is 0 Å². The molecule has 0 aliphatic heterocycles. The summed E-state index contributed by atoms with van der Waals surface area (Å²) in [6.07, 6.45) is 0.897. The SMILES string of the molecule is CCC(C)NC(=O)CNC(C)c1ccccc1F. The second kappa shape index (κ2) is 7.11.